The van der Waals surface area contributed by atoms with Gasteiger partial charge in [-0.1, -0.05) is 41.6 Å². The summed E-state index contributed by atoms with van der Waals surface area (Å²) in [6, 6.07) is 18.6. The van der Waals surface area contributed by atoms with Crippen molar-refractivity contribution in [1.29, 1.82) is 0 Å². The van der Waals surface area contributed by atoms with Crippen molar-refractivity contribution in [1.82, 2.24) is 14.5 Å². The van der Waals surface area contributed by atoms with Crippen molar-refractivity contribution in [3.63, 3.8) is 0 Å². The highest BCUT2D eigenvalue weighted by Crippen LogP contribution is 2.28. The molecule has 0 saturated heterocycles. The van der Waals surface area contributed by atoms with Gasteiger partial charge in [-0.3, -0.25) is 14.2 Å². The number of alkyl halides is 3. The second kappa shape index (κ2) is 9.36. The molecule has 0 aliphatic carbocycles. The highest BCUT2D eigenvalue weighted by atomic mass is 35.5. The molecule has 0 atom stereocenters. The first-order valence-electron chi connectivity index (χ1n) is 10.5. The average Bonchev–Trinajstić information content (AvgIpc) is 3.22. The zero-order valence-corrected chi connectivity index (χ0v) is 19.7. The summed E-state index contributed by atoms with van der Waals surface area (Å²) in [5.74, 6) is -0.659. The highest BCUT2D eigenvalue weighted by Gasteiger charge is 2.31. The number of hydrogen-bond acceptors (Lipinski definition) is 5. The van der Waals surface area contributed by atoms with Crippen LogP contribution in [0.4, 0.5) is 13.2 Å². The second-order valence-electron chi connectivity index (χ2n) is 7.69. The molecule has 5 aromatic rings. The SMILES string of the molecule is O=C(CSc1nc2c([nH]c3ccccc32)c(=O)n1-c1ccc(OC(F)(F)F)cc1)c1ccc(Cl)cc1. The fourth-order valence-electron chi connectivity index (χ4n) is 3.71. The third-order valence-corrected chi connectivity index (χ3v) is 6.51. The topological polar surface area (TPSA) is 77.0 Å². The molecule has 11 heteroatoms. The van der Waals surface area contributed by atoms with Gasteiger partial charge in [0.1, 0.15) is 16.8 Å². The number of Topliss-reactive ketones (excluding diaryl/α,β-unsaturated/α-hetero) is 1. The Morgan fingerprint density at radius 3 is 2.42 bits per heavy atom. The van der Waals surface area contributed by atoms with E-state index in [9.17, 15) is 22.8 Å². The highest BCUT2D eigenvalue weighted by molar-refractivity contribution is 7.99. The van der Waals surface area contributed by atoms with E-state index in [1.807, 2.05) is 18.2 Å². The third kappa shape index (κ3) is 4.82. The number of nitrogens with zero attached hydrogens (tertiary/aromatic N) is 2. The molecule has 0 radical (unpaired) electrons. The number of rotatable bonds is 6. The maximum absolute atomic E-state index is 13.6. The van der Waals surface area contributed by atoms with Crippen molar-refractivity contribution in [3.05, 3.63) is 93.7 Å². The average molecular weight is 530 g/mol. The number of hydrogen-bond donors (Lipinski definition) is 1. The van der Waals surface area contributed by atoms with Gasteiger partial charge in [-0.2, -0.15) is 0 Å². The lowest BCUT2D eigenvalue weighted by Crippen LogP contribution is -2.22. The summed E-state index contributed by atoms with van der Waals surface area (Å²) < 4.78 is 42.9. The van der Waals surface area contributed by atoms with Crippen molar-refractivity contribution in [2.45, 2.75) is 11.5 Å². The summed E-state index contributed by atoms with van der Waals surface area (Å²) in [7, 11) is 0. The van der Waals surface area contributed by atoms with E-state index < -0.39 is 17.7 Å². The maximum atomic E-state index is 13.6. The first-order chi connectivity index (χ1) is 17.2. The predicted octanol–water partition coefficient (Wildman–Crippen LogP) is 6.39. The molecule has 5 rings (SSSR count). The number of benzene rings is 3. The van der Waals surface area contributed by atoms with Gasteiger partial charge in [0.2, 0.25) is 0 Å². The molecular weight excluding hydrogens is 515 g/mol. The number of thioether (sulfide) groups is 1. The Morgan fingerprint density at radius 2 is 1.72 bits per heavy atom. The minimum Gasteiger partial charge on any atom is -0.406 e. The van der Waals surface area contributed by atoms with E-state index in [2.05, 4.69) is 14.7 Å². The van der Waals surface area contributed by atoms with Crippen molar-refractivity contribution in [3.8, 4) is 11.4 Å². The number of fused-ring (bicyclic) bond motifs is 3. The fraction of sp³-hybridized carbons (Fsp3) is 0.0800. The van der Waals surface area contributed by atoms with E-state index in [4.69, 9.17) is 11.6 Å². The Hall–Kier alpha value is -3.76. The molecular formula is C25H15ClF3N3O3S. The Bertz CT molecular complexity index is 1650. The number of ether oxygens (including phenoxy) is 1. The van der Waals surface area contributed by atoms with E-state index in [0.29, 0.717) is 21.6 Å². The van der Waals surface area contributed by atoms with Crippen LogP contribution in [-0.4, -0.2) is 32.4 Å². The molecule has 6 nitrogen and oxygen atoms in total. The number of carbonyl (C=O) groups excluding carboxylic acids is 1. The zero-order valence-electron chi connectivity index (χ0n) is 18.2. The largest absolute Gasteiger partial charge is 0.573 e. The Kier molecular flexibility index (Phi) is 6.23. The van der Waals surface area contributed by atoms with E-state index in [0.717, 1.165) is 29.3 Å². The van der Waals surface area contributed by atoms with E-state index >= 15 is 0 Å². The molecule has 36 heavy (non-hydrogen) atoms. The number of ketones is 1. The number of aromatic nitrogens is 3. The fourth-order valence-corrected chi connectivity index (χ4v) is 4.74. The molecule has 0 bridgehead atoms. The summed E-state index contributed by atoms with van der Waals surface area (Å²) in [5, 5.41) is 1.44. The first-order valence-corrected chi connectivity index (χ1v) is 11.9. The van der Waals surface area contributed by atoms with Crippen LogP contribution in [0.3, 0.4) is 0 Å². The van der Waals surface area contributed by atoms with Gasteiger partial charge in [0.05, 0.1) is 11.4 Å². The quantitative estimate of drug-likeness (QED) is 0.157. The van der Waals surface area contributed by atoms with Crippen molar-refractivity contribution >= 4 is 51.1 Å². The number of carbonyl (C=O) groups is 1. The molecule has 2 heterocycles. The predicted molar refractivity (Wildman–Crippen MR) is 132 cm³/mol. The summed E-state index contributed by atoms with van der Waals surface area (Å²) >= 11 is 6.94. The van der Waals surface area contributed by atoms with Crippen LogP contribution in [0.15, 0.2) is 82.7 Å². The normalized spacial score (nSPS) is 11.8. The Morgan fingerprint density at radius 1 is 1.03 bits per heavy atom. The van der Waals surface area contributed by atoms with Crippen LogP contribution in [0, 0.1) is 0 Å². The van der Waals surface area contributed by atoms with Gasteiger partial charge < -0.3 is 9.72 Å². The van der Waals surface area contributed by atoms with Gasteiger partial charge in [0.15, 0.2) is 10.9 Å². The molecule has 0 aliphatic heterocycles. The molecule has 0 fully saturated rings. The van der Waals surface area contributed by atoms with Crippen molar-refractivity contribution < 1.29 is 22.7 Å². The maximum Gasteiger partial charge on any atom is 0.573 e. The van der Waals surface area contributed by atoms with Crippen LogP contribution in [0.2, 0.25) is 5.02 Å². The molecule has 182 valence electrons. The molecule has 0 aliphatic rings. The lowest BCUT2D eigenvalue weighted by atomic mass is 10.1. The Labute approximate surface area is 210 Å². The van der Waals surface area contributed by atoms with Crippen LogP contribution in [0.1, 0.15) is 10.4 Å². The minimum atomic E-state index is -4.84. The van der Waals surface area contributed by atoms with E-state index in [-0.39, 0.29) is 27.9 Å². The molecule has 1 N–H and O–H groups in total. The van der Waals surface area contributed by atoms with Gasteiger partial charge in [-0.15, -0.1) is 13.2 Å². The van der Waals surface area contributed by atoms with Gasteiger partial charge in [-0.25, -0.2) is 4.98 Å². The van der Waals surface area contributed by atoms with Gasteiger partial charge >= 0.3 is 6.36 Å². The van der Waals surface area contributed by atoms with Crippen molar-refractivity contribution in [2.24, 2.45) is 0 Å². The molecule has 3 aromatic carbocycles. The van der Waals surface area contributed by atoms with Crippen LogP contribution in [0.25, 0.3) is 27.6 Å². The molecule has 2 aromatic heterocycles. The number of para-hydroxylation sites is 1. The molecule has 0 amide bonds. The lowest BCUT2D eigenvalue weighted by molar-refractivity contribution is -0.274. The number of halogens is 4. The van der Waals surface area contributed by atoms with E-state index in [1.165, 1.54) is 16.7 Å². The van der Waals surface area contributed by atoms with Crippen LogP contribution >= 0.6 is 23.4 Å². The van der Waals surface area contributed by atoms with Gasteiger partial charge in [-0.05, 0) is 54.6 Å². The summed E-state index contributed by atoms with van der Waals surface area (Å²) in [4.78, 5) is 34.0. The summed E-state index contributed by atoms with van der Waals surface area (Å²) in [6.07, 6.45) is -4.84. The Balaban J connectivity index is 1.59. The molecule has 0 spiro atoms. The van der Waals surface area contributed by atoms with E-state index in [1.54, 1.807) is 30.3 Å². The molecule has 0 saturated carbocycles. The smallest absolute Gasteiger partial charge is 0.406 e. The minimum absolute atomic E-state index is 0.0306. The van der Waals surface area contributed by atoms with Crippen LogP contribution in [0.5, 0.6) is 5.75 Å². The third-order valence-electron chi connectivity index (χ3n) is 5.32. The number of H-pyrrole nitrogens is 1. The number of aromatic amines is 1. The van der Waals surface area contributed by atoms with Crippen LogP contribution < -0.4 is 10.3 Å². The van der Waals surface area contributed by atoms with Crippen LogP contribution in [-0.2, 0) is 0 Å². The van der Waals surface area contributed by atoms with Crippen molar-refractivity contribution in [2.75, 3.05) is 5.75 Å². The monoisotopic (exact) mass is 529 g/mol. The summed E-state index contributed by atoms with van der Waals surface area (Å²) in [6.45, 7) is 0. The number of nitrogens with one attached hydrogen (secondary N) is 1. The van der Waals surface area contributed by atoms with Gasteiger partial charge in [0.25, 0.3) is 5.56 Å². The second-order valence-corrected chi connectivity index (χ2v) is 9.07. The van der Waals surface area contributed by atoms with Gasteiger partial charge in [0, 0.05) is 21.5 Å². The first kappa shape index (κ1) is 24.0. The summed E-state index contributed by atoms with van der Waals surface area (Å²) in [5.41, 5.74) is 1.64. The lowest BCUT2D eigenvalue weighted by Gasteiger charge is -2.13. The standard InChI is InChI=1S/C25H15ClF3N3O3S/c26-15-7-5-14(6-8-15)20(33)13-36-24-31-21-18-3-1-2-4-19(18)30-22(21)23(34)32(24)16-9-11-17(12-10-16)35-25(27,28)29/h1-12,30H,13H2. The molecule has 0 unspecified atom stereocenters. The zero-order chi connectivity index (χ0) is 25.4.